The molecule has 1 aromatic heterocycles. The first-order valence-electron chi connectivity index (χ1n) is 7.26. The zero-order valence-corrected chi connectivity index (χ0v) is 15.0. The Morgan fingerprint density at radius 3 is 2.64 bits per heavy atom. The number of aromatic nitrogens is 3. The molecular weight excluding hydrogens is 362 g/mol. The number of fused-ring (bicyclic) bond motifs is 1. The number of anilines is 1. The maximum absolute atomic E-state index is 11.0. The van der Waals surface area contributed by atoms with Crippen LogP contribution >= 0.6 is 23.8 Å². The molecule has 0 bridgehead atoms. The van der Waals surface area contributed by atoms with Crippen LogP contribution < -0.4 is 15.4 Å². The number of nitrogens with one attached hydrogen (secondary N) is 2. The number of ether oxygens (including phenoxy) is 1. The average molecular weight is 376 g/mol. The smallest absolute Gasteiger partial charge is 0.222 e. The summed E-state index contributed by atoms with van der Waals surface area (Å²) in [6.07, 6.45) is 0. The molecule has 9 heteroatoms. The molecule has 25 heavy (non-hydrogen) atoms. The largest absolute Gasteiger partial charge is 0.495 e. The highest BCUT2D eigenvalue weighted by atomic mass is 35.5. The van der Waals surface area contributed by atoms with Gasteiger partial charge in [-0.1, -0.05) is 11.6 Å². The number of amides is 1. The Kier molecular flexibility index (Phi) is 4.82. The Labute approximate surface area is 153 Å². The van der Waals surface area contributed by atoms with Crippen LogP contribution in [0.5, 0.6) is 5.75 Å². The highest BCUT2D eigenvalue weighted by Crippen LogP contribution is 2.26. The second-order valence-electron chi connectivity index (χ2n) is 5.15. The van der Waals surface area contributed by atoms with Crippen molar-refractivity contribution in [2.45, 2.75) is 6.92 Å². The van der Waals surface area contributed by atoms with Gasteiger partial charge in [-0.15, -0.1) is 10.2 Å². The molecule has 3 rings (SSSR count). The first-order valence-corrected chi connectivity index (χ1v) is 8.04. The fourth-order valence-corrected chi connectivity index (χ4v) is 2.72. The molecule has 0 saturated carbocycles. The normalized spacial score (nSPS) is 10.5. The highest BCUT2D eigenvalue weighted by Gasteiger charge is 2.09. The van der Waals surface area contributed by atoms with E-state index in [1.807, 2.05) is 12.1 Å². The lowest BCUT2D eigenvalue weighted by Crippen LogP contribution is -2.32. The molecule has 0 aliphatic heterocycles. The topological polar surface area (TPSA) is 81.1 Å². The summed E-state index contributed by atoms with van der Waals surface area (Å²) >= 11 is 11.2. The van der Waals surface area contributed by atoms with Crippen LogP contribution in [0.15, 0.2) is 36.4 Å². The van der Waals surface area contributed by atoms with E-state index in [4.69, 9.17) is 28.6 Å². The Morgan fingerprint density at radius 2 is 1.96 bits per heavy atom. The van der Waals surface area contributed by atoms with E-state index < -0.39 is 0 Å². The SMILES string of the molecule is COc1ccc(-n2nc3ccc(NC(=S)NC(C)=O)cc3n2)cc1Cl. The number of nitrogens with zero attached hydrogens (tertiary/aromatic N) is 3. The van der Waals surface area contributed by atoms with E-state index in [0.29, 0.717) is 33.2 Å². The minimum Gasteiger partial charge on any atom is -0.495 e. The highest BCUT2D eigenvalue weighted by molar-refractivity contribution is 7.80. The second-order valence-corrected chi connectivity index (χ2v) is 5.96. The number of hydrogen-bond acceptors (Lipinski definition) is 5. The third kappa shape index (κ3) is 3.86. The number of carbonyl (C=O) groups is 1. The monoisotopic (exact) mass is 375 g/mol. The number of methoxy groups -OCH3 is 1. The first-order chi connectivity index (χ1) is 12.0. The van der Waals surface area contributed by atoms with Gasteiger partial charge in [-0.3, -0.25) is 4.79 Å². The lowest BCUT2D eigenvalue weighted by molar-refractivity contribution is -0.117. The second kappa shape index (κ2) is 7.04. The Morgan fingerprint density at radius 1 is 1.20 bits per heavy atom. The third-order valence-electron chi connectivity index (χ3n) is 3.29. The van der Waals surface area contributed by atoms with Crippen molar-refractivity contribution in [3.63, 3.8) is 0 Å². The van der Waals surface area contributed by atoms with E-state index in [2.05, 4.69) is 20.8 Å². The van der Waals surface area contributed by atoms with Crippen LogP contribution in [0, 0.1) is 0 Å². The van der Waals surface area contributed by atoms with Gasteiger partial charge in [0.15, 0.2) is 5.11 Å². The van der Waals surface area contributed by atoms with Crippen molar-refractivity contribution in [1.82, 2.24) is 20.3 Å². The summed E-state index contributed by atoms with van der Waals surface area (Å²) < 4.78 is 5.14. The quantitative estimate of drug-likeness (QED) is 0.685. The number of thiocarbonyl (C=S) groups is 1. The molecule has 0 fully saturated rings. The number of rotatable bonds is 3. The van der Waals surface area contributed by atoms with Gasteiger partial charge in [0.1, 0.15) is 16.8 Å². The van der Waals surface area contributed by atoms with Crippen LogP contribution in [0.2, 0.25) is 5.02 Å². The standard InChI is InChI=1S/C16H14ClN5O2S/c1-9(23)18-16(25)19-10-3-5-13-14(7-10)21-22(20-13)11-4-6-15(24-2)12(17)8-11/h3-8H,1-2H3,(H2,18,19,23,25). The summed E-state index contributed by atoms with van der Waals surface area (Å²) in [6, 6.07) is 10.7. The molecule has 3 aromatic rings. The van der Waals surface area contributed by atoms with E-state index in [9.17, 15) is 4.79 Å². The predicted molar refractivity (Wildman–Crippen MR) is 100 cm³/mol. The van der Waals surface area contributed by atoms with Gasteiger partial charge in [-0.05, 0) is 48.6 Å². The van der Waals surface area contributed by atoms with Crippen molar-refractivity contribution in [3.8, 4) is 11.4 Å². The van der Waals surface area contributed by atoms with Gasteiger partial charge in [0.05, 0.1) is 17.8 Å². The molecular formula is C16H14ClN5O2S. The molecule has 0 aliphatic carbocycles. The summed E-state index contributed by atoms with van der Waals surface area (Å²) in [4.78, 5) is 12.5. The van der Waals surface area contributed by atoms with Crippen LogP contribution in [-0.4, -0.2) is 33.1 Å². The fourth-order valence-electron chi connectivity index (χ4n) is 2.21. The molecule has 0 atom stereocenters. The van der Waals surface area contributed by atoms with Crippen LogP contribution in [0.3, 0.4) is 0 Å². The molecule has 1 amide bonds. The number of hydrogen-bond donors (Lipinski definition) is 2. The summed E-state index contributed by atoms with van der Waals surface area (Å²) in [7, 11) is 1.56. The van der Waals surface area contributed by atoms with E-state index >= 15 is 0 Å². The third-order valence-corrected chi connectivity index (χ3v) is 3.79. The first kappa shape index (κ1) is 17.1. The molecule has 128 valence electrons. The van der Waals surface area contributed by atoms with Crippen LogP contribution in [0.25, 0.3) is 16.7 Å². The summed E-state index contributed by atoms with van der Waals surface area (Å²) in [5, 5.41) is 15.0. The van der Waals surface area contributed by atoms with Gasteiger partial charge >= 0.3 is 0 Å². The maximum atomic E-state index is 11.0. The van der Waals surface area contributed by atoms with Crippen LogP contribution in [-0.2, 0) is 4.79 Å². The fraction of sp³-hybridized carbons (Fsp3) is 0.125. The summed E-state index contributed by atoms with van der Waals surface area (Å²) in [5.41, 5.74) is 2.79. The van der Waals surface area contributed by atoms with Gasteiger partial charge in [-0.25, -0.2) is 0 Å². The zero-order valence-electron chi connectivity index (χ0n) is 13.4. The maximum Gasteiger partial charge on any atom is 0.222 e. The molecule has 0 spiro atoms. The average Bonchev–Trinajstić information content (AvgIpc) is 2.97. The molecule has 0 aliphatic rings. The van der Waals surface area contributed by atoms with Crippen molar-refractivity contribution in [3.05, 3.63) is 41.4 Å². The lowest BCUT2D eigenvalue weighted by atomic mass is 10.3. The minimum atomic E-state index is -0.235. The summed E-state index contributed by atoms with van der Waals surface area (Å²) in [6.45, 7) is 1.39. The lowest BCUT2D eigenvalue weighted by Gasteiger charge is -2.07. The number of carbonyl (C=O) groups excluding carboxylic acids is 1. The minimum absolute atomic E-state index is 0.223. The van der Waals surface area contributed by atoms with Crippen LogP contribution in [0.4, 0.5) is 5.69 Å². The molecule has 2 N–H and O–H groups in total. The number of benzene rings is 2. The van der Waals surface area contributed by atoms with Gasteiger partial charge < -0.3 is 15.4 Å². The van der Waals surface area contributed by atoms with E-state index in [-0.39, 0.29) is 11.0 Å². The Hall–Kier alpha value is -2.71. The van der Waals surface area contributed by atoms with Crippen molar-refractivity contribution >= 4 is 51.6 Å². The predicted octanol–water partition coefficient (Wildman–Crippen LogP) is 2.92. The molecule has 0 radical (unpaired) electrons. The Balaban J connectivity index is 1.88. The van der Waals surface area contributed by atoms with E-state index in [1.54, 1.807) is 31.4 Å². The van der Waals surface area contributed by atoms with Gasteiger partial charge in [0, 0.05) is 12.6 Å². The van der Waals surface area contributed by atoms with Crippen molar-refractivity contribution in [2.24, 2.45) is 0 Å². The molecule has 7 nitrogen and oxygen atoms in total. The Bertz CT molecular complexity index is 972. The van der Waals surface area contributed by atoms with E-state index in [1.165, 1.54) is 11.7 Å². The van der Waals surface area contributed by atoms with Crippen molar-refractivity contribution in [2.75, 3.05) is 12.4 Å². The number of halogens is 1. The van der Waals surface area contributed by atoms with E-state index in [0.717, 1.165) is 0 Å². The molecule has 1 heterocycles. The van der Waals surface area contributed by atoms with Gasteiger partial charge in [0.2, 0.25) is 5.91 Å². The van der Waals surface area contributed by atoms with Gasteiger partial charge in [-0.2, -0.15) is 4.80 Å². The molecule has 2 aromatic carbocycles. The van der Waals surface area contributed by atoms with Gasteiger partial charge in [0.25, 0.3) is 0 Å². The zero-order chi connectivity index (χ0) is 18.0. The van der Waals surface area contributed by atoms with Crippen LogP contribution in [0.1, 0.15) is 6.92 Å². The van der Waals surface area contributed by atoms with Crippen molar-refractivity contribution < 1.29 is 9.53 Å². The molecule has 0 saturated heterocycles. The molecule has 0 unspecified atom stereocenters. The summed E-state index contributed by atoms with van der Waals surface area (Å²) in [5.74, 6) is 0.348. The van der Waals surface area contributed by atoms with Crippen molar-refractivity contribution in [1.29, 1.82) is 0 Å².